The zero-order valence-electron chi connectivity index (χ0n) is 23.9. The lowest BCUT2D eigenvalue weighted by Crippen LogP contribution is -2.49. The SMILES string of the molecule is C[C@@H]1CCC[C@H](C)N1C[C@H](O)CN.Cc1cccc(S(=O)(=O)NC[C@H](O)CN2[C@H](C)CCC[C@@H]2C)c1C. The van der Waals surface area contributed by atoms with E-state index >= 15 is 0 Å². The van der Waals surface area contributed by atoms with Gasteiger partial charge in [0.1, 0.15) is 0 Å². The van der Waals surface area contributed by atoms with Crippen LogP contribution >= 0.6 is 0 Å². The molecule has 0 amide bonds. The van der Waals surface area contributed by atoms with Crippen molar-refractivity contribution >= 4 is 10.0 Å². The van der Waals surface area contributed by atoms with Gasteiger partial charge in [-0.3, -0.25) is 9.80 Å². The molecule has 2 heterocycles. The summed E-state index contributed by atoms with van der Waals surface area (Å²) < 4.78 is 27.5. The maximum absolute atomic E-state index is 12.5. The third-order valence-corrected chi connectivity index (χ3v) is 9.79. The maximum atomic E-state index is 12.5. The molecule has 0 aromatic heterocycles. The highest BCUT2D eigenvalue weighted by Crippen LogP contribution is 2.23. The van der Waals surface area contributed by atoms with Crippen molar-refractivity contribution in [3.05, 3.63) is 29.3 Å². The molecule has 3 rings (SSSR count). The zero-order valence-corrected chi connectivity index (χ0v) is 24.7. The lowest BCUT2D eigenvalue weighted by Gasteiger charge is -2.40. The van der Waals surface area contributed by atoms with Crippen LogP contribution in [0.5, 0.6) is 0 Å². The van der Waals surface area contributed by atoms with E-state index in [1.165, 1.54) is 25.7 Å². The van der Waals surface area contributed by atoms with Gasteiger partial charge in [0.2, 0.25) is 10.0 Å². The monoisotopic (exact) mass is 540 g/mol. The molecule has 2 aliphatic heterocycles. The molecule has 9 heteroatoms. The molecule has 37 heavy (non-hydrogen) atoms. The number of nitrogens with zero attached hydrogens (tertiary/aromatic N) is 2. The summed E-state index contributed by atoms with van der Waals surface area (Å²) in [6, 6.07) is 7.30. The summed E-state index contributed by atoms with van der Waals surface area (Å²) in [6.07, 6.45) is 6.22. The smallest absolute Gasteiger partial charge is 0.240 e. The van der Waals surface area contributed by atoms with E-state index in [1.54, 1.807) is 19.1 Å². The molecule has 2 aliphatic rings. The number of hydrogen-bond acceptors (Lipinski definition) is 7. The van der Waals surface area contributed by atoms with Crippen molar-refractivity contribution in [2.45, 2.75) is 121 Å². The quantitative estimate of drug-likeness (QED) is 0.380. The van der Waals surface area contributed by atoms with Crippen LogP contribution in [-0.2, 0) is 10.0 Å². The minimum absolute atomic E-state index is 0.0334. The van der Waals surface area contributed by atoms with Crippen molar-refractivity contribution in [3.8, 4) is 0 Å². The Bertz CT molecular complexity index is 909. The minimum atomic E-state index is -3.60. The minimum Gasteiger partial charge on any atom is -0.390 e. The zero-order chi connectivity index (χ0) is 27.8. The van der Waals surface area contributed by atoms with Crippen LogP contribution in [0.3, 0.4) is 0 Å². The Morgan fingerprint density at radius 3 is 1.81 bits per heavy atom. The number of hydrogen-bond donors (Lipinski definition) is 4. The van der Waals surface area contributed by atoms with Crippen LogP contribution in [0.4, 0.5) is 0 Å². The second-order valence-corrected chi connectivity index (χ2v) is 13.0. The van der Waals surface area contributed by atoms with Crippen molar-refractivity contribution in [1.82, 2.24) is 14.5 Å². The van der Waals surface area contributed by atoms with E-state index in [4.69, 9.17) is 5.73 Å². The molecule has 0 saturated carbocycles. The number of aliphatic hydroxyl groups is 2. The number of rotatable bonds is 9. The van der Waals surface area contributed by atoms with Crippen LogP contribution in [0.25, 0.3) is 0 Å². The number of nitrogens with one attached hydrogen (secondary N) is 1. The van der Waals surface area contributed by atoms with E-state index in [1.807, 2.05) is 13.0 Å². The summed E-state index contributed by atoms with van der Waals surface area (Å²) in [5.74, 6) is 0. The topological polar surface area (TPSA) is 119 Å². The molecule has 2 saturated heterocycles. The Balaban J connectivity index is 0.000000312. The molecule has 0 unspecified atom stereocenters. The van der Waals surface area contributed by atoms with E-state index in [-0.39, 0.29) is 17.5 Å². The van der Waals surface area contributed by atoms with Gasteiger partial charge in [-0.25, -0.2) is 13.1 Å². The Morgan fingerprint density at radius 2 is 1.35 bits per heavy atom. The molecule has 214 valence electrons. The Labute approximate surface area is 225 Å². The van der Waals surface area contributed by atoms with Crippen molar-refractivity contribution in [3.63, 3.8) is 0 Å². The first-order chi connectivity index (χ1) is 17.4. The fraction of sp³-hybridized carbons (Fsp3) is 0.786. The lowest BCUT2D eigenvalue weighted by atomic mass is 9.97. The van der Waals surface area contributed by atoms with Crippen molar-refractivity contribution in [1.29, 1.82) is 0 Å². The van der Waals surface area contributed by atoms with Gasteiger partial charge in [-0.05, 0) is 84.4 Å². The third-order valence-electron chi connectivity index (χ3n) is 8.22. The molecule has 8 nitrogen and oxygen atoms in total. The summed E-state index contributed by atoms with van der Waals surface area (Å²) in [5, 5.41) is 19.8. The van der Waals surface area contributed by atoms with E-state index in [0.29, 0.717) is 37.3 Å². The van der Waals surface area contributed by atoms with Crippen LogP contribution in [0.15, 0.2) is 23.1 Å². The van der Waals surface area contributed by atoms with Gasteiger partial charge in [-0.2, -0.15) is 0 Å². The van der Waals surface area contributed by atoms with Gasteiger partial charge in [0.25, 0.3) is 0 Å². The summed E-state index contributed by atoms with van der Waals surface area (Å²) in [4.78, 5) is 4.94. The molecular weight excluding hydrogens is 488 g/mol. The van der Waals surface area contributed by atoms with Crippen molar-refractivity contribution < 1.29 is 18.6 Å². The Kier molecular flexibility index (Phi) is 13.0. The molecule has 6 atom stereocenters. The van der Waals surface area contributed by atoms with Gasteiger partial charge >= 0.3 is 0 Å². The summed E-state index contributed by atoms with van der Waals surface area (Å²) >= 11 is 0. The Morgan fingerprint density at radius 1 is 0.892 bits per heavy atom. The predicted octanol–water partition coefficient (Wildman–Crippen LogP) is 2.77. The number of aliphatic hydroxyl groups excluding tert-OH is 2. The molecule has 0 radical (unpaired) electrons. The summed E-state index contributed by atoms with van der Waals surface area (Å²) in [7, 11) is -3.60. The first kappa shape index (κ1) is 32.1. The first-order valence-electron chi connectivity index (χ1n) is 14.0. The maximum Gasteiger partial charge on any atom is 0.240 e. The van der Waals surface area contributed by atoms with Crippen molar-refractivity contribution in [2.75, 3.05) is 26.2 Å². The number of piperidine rings is 2. The second kappa shape index (κ2) is 14.9. The number of sulfonamides is 1. The average molecular weight is 541 g/mol. The van der Waals surface area contributed by atoms with Crippen molar-refractivity contribution in [2.24, 2.45) is 5.73 Å². The van der Waals surface area contributed by atoms with Crippen LogP contribution in [0.1, 0.15) is 77.3 Å². The third kappa shape index (κ3) is 9.56. The molecule has 2 fully saturated rings. The summed E-state index contributed by atoms with van der Waals surface area (Å²) in [5.41, 5.74) is 7.09. The van der Waals surface area contributed by atoms with Gasteiger partial charge in [0.05, 0.1) is 17.1 Å². The van der Waals surface area contributed by atoms with Gasteiger partial charge < -0.3 is 15.9 Å². The molecule has 0 bridgehead atoms. The first-order valence-corrected chi connectivity index (χ1v) is 15.5. The van der Waals surface area contributed by atoms with Gasteiger partial charge in [0, 0.05) is 50.3 Å². The van der Waals surface area contributed by atoms with Crippen LogP contribution < -0.4 is 10.5 Å². The normalized spacial score (nSPS) is 27.3. The fourth-order valence-electron chi connectivity index (χ4n) is 5.59. The van der Waals surface area contributed by atoms with Crippen LogP contribution in [0.2, 0.25) is 0 Å². The van der Waals surface area contributed by atoms with E-state index in [9.17, 15) is 18.6 Å². The largest absolute Gasteiger partial charge is 0.390 e. The number of β-amino-alcohol motifs (C(OH)–C–C–N with tert-alkyl or cyclic N) is 2. The number of benzene rings is 1. The number of aryl methyl sites for hydroxylation is 1. The molecule has 1 aromatic carbocycles. The molecular formula is C28H52N4O4S. The average Bonchev–Trinajstić information content (AvgIpc) is 2.84. The van der Waals surface area contributed by atoms with E-state index < -0.39 is 16.1 Å². The number of likely N-dealkylation sites (tertiary alicyclic amines) is 2. The predicted molar refractivity (Wildman–Crippen MR) is 151 cm³/mol. The molecule has 1 aromatic rings. The fourth-order valence-corrected chi connectivity index (χ4v) is 6.98. The molecule has 0 spiro atoms. The highest BCUT2D eigenvalue weighted by Gasteiger charge is 2.28. The van der Waals surface area contributed by atoms with Gasteiger partial charge in [-0.15, -0.1) is 0 Å². The lowest BCUT2D eigenvalue weighted by molar-refractivity contribution is 0.0438. The molecule has 5 N–H and O–H groups in total. The highest BCUT2D eigenvalue weighted by molar-refractivity contribution is 7.89. The Hall–Kier alpha value is -1.07. The standard InChI is InChI=1S/C18H30N2O3S.C10H22N2O/c1-13-7-5-10-18(16(13)4)24(22,23)19-11-17(21)12-20-14(2)8-6-9-15(20)3;1-8-4-3-5-9(2)12(8)7-10(13)6-11/h5,7,10,14-15,17,19,21H,6,8-9,11-12H2,1-4H3;8-10,13H,3-7,11H2,1-2H3/t14-,15+,17-;8-,9+,10-/m01/s1. The number of nitrogens with two attached hydrogens (primary N) is 1. The summed E-state index contributed by atoms with van der Waals surface area (Å²) in [6.45, 7) is 14.1. The highest BCUT2D eigenvalue weighted by atomic mass is 32.2. The second-order valence-electron chi connectivity index (χ2n) is 11.2. The van der Waals surface area contributed by atoms with E-state index in [0.717, 1.165) is 30.5 Å². The van der Waals surface area contributed by atoms with Crippen LogP contribution in [0, 0.1) is 13.8 Å². The van der Waals surface area contributed by atoms with Crippen LogP contribution in [-0.4, -0.2) is 91.0 Å². The van der Waals surface area contributed by atoms with E-state index in [2.05, 4.69) is 42.2 Å². The van der Waals surface area contributed by atoms with Gasteiger partial charge in [-0.1, -0.05) is 25.0 Å². The molecule has 0 aliphatic carbocycles. The van der Waals surface area contributed by atoms with Gasteiger partial charge in [0.15, 0.2) is 0 Å².